The number of cyclic esters (lactones) is 1. The number of rotatable bonds is 1. The Balaban J connectivity index is 1.81. The summed E-state index contributed by atoms with van der Waals surface area (Å²) < 4.78 is 6.80. The summed E-state index contributed by atoms with van der Waals surface area (Å²) in [6, 6.07) is 14.0. The molecule has 0 saturated heterocycles. The normalized spacial score (nSPS) is 20.5. The lowest BCUT2D eigenvalue weighted by molar-refractivity contribution is -0.172. The standard InChI is InChI=1S/C21H17NO4/c1-2-21(25)17-9-18-15-8-13-6-4-3-5-12(13)7-14(15)10-22(18)19(23)16(17)11-26-20(21)24/h3-9,25H,2,10-11H2,1H3. The van der Waals surface area contributed by atoms with Crippen LogP contribution in [0.3, 0.4) is 0 Å². The maximum absolute atomic E-state index is 13.0. The number of carbonyl (C=O) groups is 1. The van der Waals surface area contributed by atoms with Crippen LogP contribution in [0.5, 0.6) is 0 Å². The summed E-state index contributed by atoms with van der Waals surface area (Å²) in [4.78, 5) is 25.2. The van der Waals surface area contributed by atoms with Gasteiger partial charge in [0.1, 0.15) is 6.61 Å². The maximum atomic E-state index is 13.0. The molecular formula is C21H17NO4. The predicted octanol–water partition coefficient (Wildman–Crippen LogP) is 2.68. The van der Waals surface area contributed by atoms with Crippen molar-refractivity contribution < 1.29 is 14.6 Å². The fourth-order valence-corrected chi connectivity index (χ4v) is 4.11. The molecule has 0 amide bonds. The lowest BCUT2D eigenvalue weighted by Crippen LogP contribution is -2.44. The molecule has 0 aliphatic carbocycles. The van der Waals surface area contributed by atoms with Gasteiger partial charge in [-0.25, -0.2) is 4.79 Å². The van der Waals surface area contributed by atoms with Crippen LogP contribution in [0.25, 0.3) is 22.0 Å². The average molecular weight is 347 g/mol. The highest BCUT2D eigenvalue weighted by Gasteiger charge is 2.45. The minimum absolute atomic E-state index is 0.0894. The number of fused-ring (bicyclic) bond motifs is 5. The van der Waals surface area contributed by atoms with Gasteiger partial charge in [0.2, 0.25) is 0 Å². The molecule has 2 aliphatic heterocycles. The van der Waals surface area contributed by atoms with Crippen molar-refractivity contribution in [1.82, 2.24) is 4.57 Å². The quantitative estimate of drug-likeness (QED) is 0.538. The van der Waals surface area contributed by atoms with Crippen LogP contribution >= 0.6 is 0 Å². The Morgan fingerprint density at radius 2 is 1.88 bits per heavy atom. The predicted molar refractivity (Wildman–Crippen MR) is 96.7 cm³/mol. The Hall–Kier alpha value is -2.92. The van der Waals surface area contributed by atoms with Crippen molar-refractivity contribution in [3.63, 3.8) is 0 Å². The van der Waals surface area contributed by atoms with Crippen LogP contribution in [0.4, 0.5) is 0 Å². The Morgan fingerprint density at radius 1 is 1.15 bits per heavy atom. The highest BCUT2D eigenvalue weighted by molar-refractivity contribution is 5.90. The third-order valence-corrected chi connectivity index (χ3v) is 5.62. The second-order valence-corrected chi connectivity index (χ2v) is 6.96. The molecule has 0 saturated carbocycles. The van der Waals surface area contributed by atoms with E-state index in [1.165, 1.54) is 0 Å². The van der Waals surface area contributed by atoms with Crippen molar-refractivity contribution in [2.24, 2.45) is 0 Å². The smallest absolute Gasteiger partial charge is 0.343 e. The highest BCUT2D eigenvalue weighted by Crippen LogP contribution is 2.39. The maximum Gasteiger partial charge on any atom is 0.343 e. The van der Waals surface area contributed by atoms with Crippen molar-refractivity contribution in [3.05, 3.63) is 69.5 Å². The first-order chi connectivity index (χ1) is 12.5. The molecule has 1 unspecified atom stereocenters. The first-order valence-electron chi connectivity index (χ1n) is 8.72. The lowest BCUT2D eigenvalue weighted by atomic mass is 9.85. The second-order valence-electron chi connectivity index (χ2n) is 6.96. The minimum Gasteiger partial charge on any atom is -0.458 e. The first-order valence-corrected chi connectivity index (χ1v) is 8.72. The number of carbonyl (C=O) groups excluding carboxylic acids is 1. The van der Waals surface area contributed by atoms with Gasteiger partial charge in [0.05, 0.1) is 17.8 Å². The summed E-state index contributed by atoms with van der Waals surface area (Å²) in [6.07, 6.45) is 0.159. The van der Waals surface area contributed by atoms with Gasteiger partial charge in [-0.1, -0.05) is 31.2 Å². The summed E-state index contributed by atoms with van der Waals surface area (Å²) in [7, 11) is 0. The highest BCUT2D eigenvalue weighted by atomic mass is 16.6. The summed E-state index contributed by atoms with van der Waals surface area (Å²) >= 11 is 0. The minimum atomic E-state index is -1.76. The molecule has 0 fully saturated rings. The number of esters is 1. The SMILES string of the molecule is CCC1(O)C(=O)OCc2c1cc1n(c2=O)Cc2cc3ccccc3cc2-1. The van der Waals surface area contributed by atoms with Crippen LogP contribution in [0.2, 0.25) is 0 Å². The average Bonchev–Trinajstić information content (AvgIpc) is 3.01. The van der Waals surface area contributed by atoms with E-state index in [4.69, 9.17) is 4.74 Å². The number of aliphatic hydroxyl groups is 1. The van der Waals surface area contributed by atoms with Crippen LogP contribution in [0.15, 0.2) is 47.3 Å². The largest absolute Gasteiger partial charge is 0.458 e. The van der Waals surface area contributed by atoms with Gasteiger partial charge in [-0.2, -0.15) is 0 Å². The topological polar surface area (TPSA) is 68.5 Å². The Labute approximate surface area is 149 Å². The van der Waals surface area contributed by atoms with Crippen molar-refractivity contribution in [2.75, 3.05) is 0 Å². The molecule has 1 atom stereocenters. The van der Waals surface area contributed by atoms with Crippen LogP contribution in [-0.2, 0) is 28.3 Å². The zero-order chi connectivity index (χ0) is 18.1. The van der Waals surface area contributed by atoms with Crippen LogP contribution in [0.1, 0.15) is 30.0 Å². The fraction of sp³-hybridized carbons (Fsp3) is 0.238. The van der Waals surface area contributed by atoms with E-state index >= 15 is 0 Å². The summed E-state index contributed by atoms with van der Waals surface area (Å²) in [5, 5.41) is 13.1. The van der Waals surface area contributed by atoms with Crippen molar-refractivity contribution in [3.8, 4) is 11.3 Å². The Bertz CT molecular complexity index is 1160. The molecule has 2 aromatic carbocycles. The van der Waals surface area contributed by atoms with E-state index in [1.54, 1.807) is 17.6 Å². The third-order valence-electron chi connectivity index (χ3n) is 5.62. The van der Waals surface area contributed by atoms with Gasteiger partial charge in [0.15, 0.2) is 5.60 Å². The zero-order valence-corrected chi connectivity index (χ0v) is 14.3. The molecule has 26 heavy (non-hydrogen) atoms. The molecule has 3 aromatic rings. The molecular weight excluding hydrogens is 330 g/mol. The molecule has 1 aromatic heterocycles. The lowest BCUT2D eigenvalue weighted by Gasteiger charge is -2.31. The Kier molecular flexibility index (Phi) is 2.98. The number of ether oxygens (including phenoxy) is 1. The first kappa shape index (κ1) is 15.3. The summed E-state index contributed by atoms with van der Waals surface area (Å²) in [5.41, 5.74) is 1.58. The molecule has 0 bridgehead atoms. The number of nitrogens with zero attached hydrogens (tertiary/aromatic N) is 1. The van der Waals surface area contributed by atoms with Crippen LogP contribution < -0.4 is 5.56 Å². The number of hydrogen-bond acceptors (Lipinski definition) is 4. The third kappa shape index (κ3) is 1.83. The van der Waals surface area contributed by atoms with E-state index in [1.807, 2.05) is 18.2 Å². The Morgan fingerprint density at radius 3 is 2.62 bits per heavy atom. The van der Waals surface area contributed by atoms with E-state index in [2.05, 4.69) is 18.2 Å². The molecule has 2 aliphatic rings. The van der Waals surface area contributed by atoms with Gasteiger partial charge in [-0.05, 0) is 41.0 Å². The number of aromatic nitrogens is 1. The molecule has 0 spiro atoms. The molecule has 5 heteroatoms. The van der Waals surface area contributed by atoms with Gasteiger partial charge in [0.25, 0.3) is 5.56 Å². The van der Waals surface area contributed by atoms with E-state index < -0.39 is 11.6 Å². The van der Waals surface area contributed by atoms with Crippen molar-refractivity contribution in [1.29, 1.82) is 0 Å². The van der Waals surface area contributed by atoms with Gasteiger partial charge < -0.3 is 14.4 Å². The molecule has 130 valence electrons. The van der Waals surface area contributed by atoms with Crippen molar-refractivity contribution >= 4 is 16.7 Å². The van der Waals surface area contributed by atoms with E-state index in [0.717, 1.165) is 27.6 Å². The monoisotopic (exact) mass is 347 g/mol. The van der Waals surface area contributed by atoms with E-state index in [-0.39, 0.29) is 18.6 Å². The van der Waals surface area contributed by atoms with E-state index in [0.29, 0.717) is 17.7 Å². The second kappa shape index (κ2) is 5.05. The van der Waals surface area contributed by atoms with E-state index in [9.17, 15) is 14.7 Å². The molecule has 3 heterocycles. The van der Waals surface area contributed by atoms with Crippen molar-refractivity contribution in [2.45, 2.75) is 32.1 Å². The zero-order valence-electron chi connectivity index (χ0n) is 14.3. The van der Waals surface area contributed by atoms with Gasteiger partial charge >= 0.3 is 5.97 Å². The fourth-order valence-electron chi connectivity index (χ4n) is 4.11. The van der Waals surface area contributed by atoms with Gasteiger partial charge in [-0.15, -0.1) is 0 Å². The number of pyridine rings is 1. The molecule has 0 radical (unpaired) electrons. The summed E-state index contributed by atoms with van der Waals surface area (Å²) in [5.74, 6) is -0.686. The van der Waals surface area contributed by atoms with Gasteiger partial charge in [-0.3, -0.25) is 4.79 Å². The number of benzene rings is 2. The number of hydrogen-bond donors (Lipinski definition) is 1. The van der Waals surface area contributed by atoms with Crippen LogP contribution in [0, 0.1) is 0 Å². The molecule has 5 nitrogen and oxygen atoms in total. The molecule has 5 rings (SSSR count). The summed E-state index contributed by atoms with van der Waals surface area (Å²) in [6.45, 7) is 2.11. The van der Waals surface area contributed by atoms with Crippen LogP contribution in [-0.4, -0.2) is 15.6 Å². The van der Waals surface area contributed by atoms with Gasteiger partial charge in [0, 0.05) is 11.1 Å². The molecule has 1 N–H and O–H groups in total.